The number of imide groups is 1. The fraction of sp³-hybridized carbons (Fsp3) is 0.500. The highest BCUT2D eigenvalue weighted by molar-refractivity contribution is 6.05. The van der Waals surface area contributed by atoms with Crippen LogP contribution in [-0.2, 0) is 21.7 Å². The number of carbonyl (C=O) groups excluding carboxylic acids is 3. The predicted molar refractivity (Wildman–Crippen MR) is 88.5 cm³/mol. The van der Waals surface area contributed by atoms with Crippen molar-refractivity contribution in [2.45, 2.75) is 43.9 Å². The molecule has 2 saturated heterocycles. The van der Waals surface area contributed by atoms with Crippen LogP contribution in [-0.4, -0.2) is 46.9 Å². The molecule has 3 aliphatic rings. The number of nitrogens with one attached hydrogen (secondary N) is 2. The monoisotopic (exact) mass is 343 g/mol. The van der Waals surface area contributed by atoms with Gasteiger partial charge in [0.1, 0.15) is 6.04 Å². The summed E-state index contributed by atoms with van der Waals surface area (Å²) in [5.74, 6) is -0.903. The first-order chi connectivity index (χ1) is 12.0. The number of fused-ring (bicyclic) bond motifs is 1. The molecule has 3 N–H and O–H groups in total. The Morgan fingerprint density at radius 1 is 1.16 bits per heavy atom. The number of amides is 3. The van der Waals surface area contributed by atoms with Crippen LogP contribution in [0.2, 0.25) is 0 Å². The molecule has 25 heavy (non-hydrogen) atoms. The molecule has 2 fully saturated rings. The van der Waals surface area contributed by atoms with Crippen LogP contribution in [0.5, 0.6) is 0 Å². The molecule has 1 aromatic rings. The second-order valence-electron chi connectivity index (χ2n) is 7.05. The molecule has 1 unspecified atom stereocenters. The van der Waals surface area contributed by atoms with E-state index in [1.165, 1.54) is 4.90 Å². The van der Waals surface area contributed by atoms with Gasteiger partial charge in [-0.3, -0.25) is 19.7 Å². The van der Waals surface area contributed by atoms with E-state index >= 15 is 0 Å². The molecular weight excluding hydrogens is 322 g/mol. The van der Waals surface area contributed by atoms with Crippen molar-refractivity contribution in [3.05, 3.63) is 34.9 Å². The quantitative estimate of drug-likeness (QED) is 0.658. The smallest absolute Gasteiger partial charge is 0.255 e. The third-order valence-corrected chi connectivity index (χ3v) is 5.50. The van der Waals surface area contributed by atoms with Crippen LogP contribution in [0.15, 0.2) is 18.2 Å². The summed E-state index contributed by atoms with van der Waals surface area (Å²) >= 11 is 0. The van der Waals surface area contributed by atoms with Gasteiger partial charge in [0.05, 0.1) is 5.60 Å². The van der Waals surface area contributed by atoms with Crippen molar-refractivity contribution >= 4 is 17.7 Å². The molecule has 7 heteroatoms. The van der Waals surface area contributed by atoms with E-state index in [-0.39, 0.29) is 18.2 Å². The number of aliphatic hydroxyl groups is 1. The van der Waals surface area contributed by atoms with Crippen LogP contribution in [0.25, 0.3) is 0 Å². The zero-order valence-electron chi connectivity index (χ0n) is 13.9. The molecule has 0 bridgehead atoms. The van der Waals surface area contributed by atoms with Crippen LogP contribution >= 0.6 is 0 Å². The van der Waals surface area contributed by atoms with Crippen LogP contribution in [0.1, 0.15) is 47.2 Å². The lowest BCUT2D eigenvalue weighted by Gasteiger charge is -2.33. The van der Waals surface area contributed by atoms with Crippen LogP contribution in [0, 0.1) is 0 Å². The Morgan fingerprint density at radius 2 is 1.92 bits per heavy atom. The molecule has 4 rings (SSSR count). The molecule has 0 aliphatic carbocycles. The zero-order valence-corrected chi connectivity index (χ0v) is 13.9. The van der Waals surface area contributed by atoms with Gasteiger partial charge in [0.2, 0.25) is 11.8 Å². The fourth-order valence-corrected chi connectivity index (χ4v) is 3.97. The highest BCUT2D eigenvalue weighted by Gasteiger charge is 2.40. The first kappa shape index (κ1) is 16.2. The Bertz CT molecular complexity index is 755. The third kappa shape index (κ3) is 2.73. The number of rotatable bonds is 2. The van der Waals surface area contributed by atoms with Gasteiger partial charge in [0, 0.05) is 18.5 Å². The first-order valence-electron chi connectivity index (χ1n) is 8.69. The van der Waals surface area contributed by atoms with E-state index in [1.807, 2.05) is 12.1 Å². The lowest BCUT2D eigenvalue weighted by atomic mass is 9.84. The van der Waals surface area contributed by atoms with E-state index in [2.05, 4.69) is 10.6 Å². The molecule has 3 aliphatic heterocycles. The number of nitrogens with zero attached hydrogens (tertiary/aromatic N) is 1. The summed E-state index contributed by atoms with van der Waals surface area (Å²) < 4.78 is 0. The molecule has 1 aromatic carbocycles. The van der Waals surface area contributed by atoms with E-state index in [0.29, 0.717) is 31.4 Å². The number of carbonyl (C=O) groups is 3. The van der Waals surface area contributed by atoms with E-state index in [9.17, 15) is 19.5 Å². The van der Waals surface area contributed by atoms with Crippen LogP contribution in [0.4, 0.5) is 0 Å². The maximum absolute atomic E-state index is 12.8. The number of hydrogen-bond acceptors (Lipinski definition) is 5. The van der Waals surface area contributed by atoms with E-state index < -0.39 is 17.6 Å². The largest absolute Gasteiger partial charge is 0.385 e. The van der Waals surface area contributed by atoms with Gasteiger partial charge < -0.3 is 15.3 Å². The summed E-state index contributed by atoms with van der Waals surface area (Å²) in [6, 6.07) is 4.91. The van der Waals surface area contributed by atoms with E-state index in [4.69, 9.17) is 0 Å². The summed E-state index contributed by atoms with van der Waals surface area (Å²) in [5, 5.41) is 16.4. The predicted octanol–water partition coefficient (Wildman–Crippen LogP) is 0.0186. The molecule has 132 valence electrons. The lowest BCUT2D eigenvalue weighted by molar-refractivity contribution is -0.136. The van der Waals surface area contributed by atoms with E-state index in [1.54, 1.807) is 6.07 Å². The number of hydrogen-bond donors (Lipinski definition) is 3. The molecule has 3 amide bonds. The van der Waals surface area contributed by atoms with Gasteiger partial charge in [-0.15, -0.1) is 0 Å². The second-order valence-corrected chi connectivity index (χ2v) is 7.05. The van der Waals surface area contributed by atoms with E-state index in [0.717, 1.165) is 24.2 Å². The van der Waals surface area contributed by atoms with Gasteiger partial charge in [-0.25, -0.2) is 0 Å². The van der Waals surface area contributed by atoms with Crippen molar-refractivity contribution in [1.29, 1.82) is 0 Å². The van der Waals surface area contributed by atoms with Crippen molar-refractivity contribution in [3.63, 3.8) is 0 Å². The summed E-state index contributed by atoms with van der Waals surface area (Å²) in [6.45, 7) is 1.84. The third-order valence-electron chi connectivity index (χ3n) is 5.50. The Kier molecular flexibility index (Phi) is 3.85. The minimum absolute atomic E-state index is 0.205. The summed E-state index contributed by atoms with van der Waals surface area (Å²) in [6.07, 6.45) is 1.81. The molecular formula is C18H21N3O4. The lowest BCUT2D eigenvalue weighted by Crippen LogP contribution is -2.52. The molecule has 0 aromatic heterocycles. The molecule has 3 heterocycles. The Labute approximate surface area is 145 Å². The van der Waals surface area contributed by atoms with Crippen molar-refractivity contribution in [2.24, 2.45) is 0 Å². The Hall–Kier alpha value is -2.25. The van der Waals surface area contributed by atoms with Crippen molar-refractivity contribution in [2.75, 3.05) is 13.1 Å². The number of benzene rings is 1. The maximum Gasteiger partial charge on any atom is 0.255 e. The second kappa shape index (κ2) is 5.93. The summed E-state index contributed by atoms with van der Waals surface area (Å²) in [5.41, 5.74) is 1.25. The first-order valence-corrected chi connectivity index (χ1v) is 8.69. The van der Waals surface area contributed by atoms with Gasteiger partial charge in [0.25, 0.3) is 5.91 Å². The van der Waals surface area contributed by atoms with Gasteiger partial charge in [-0.1, -0.05) is 12.1 Å². The Morgan fingerprint density at radius 3 is 2.64 bits per heavy atom. The minimum atomic E-state index is -0.914. The van der Waals surface area contributed by atoms with Gasteiger partial charge >= 0.3 is 0 Å². The highest BCUT2D eigenvalue weighted by atomic mass is 16.3. The van der Waals surface area contributed by atoms with Gasteiger partial charge in [-0.2, -0.15) is 0 Å². The summed E-state index contributed by atoms with van der Waals surface area (Å²) in [7, 11) is 0. The Balaban J connectivity index is 1.60. The molecule has 0 saturated carbocycles. The molecule has 0 radical (unpaired) electrons. The zero-order chi connectivity index (χ0) is 17.6. The molecule has 7 nitrogen and oxygen atoms in total. The van der Waals surface area contributed by atoms with Gasteiger partial charge in [-0.05, 0) is 49.5 Å². The fourth-order valence-electron chi connectivity index (χ4n) is 3.97. The van der Waals surface area contributed by atoms with Crippen molar-refractivity contribution < 1.29 is 19.5 Å². The average Bonchev–Trinajstić information content (AvgIpc) is 2.92. The van der Waals surface area contributed by atoms with Crippen LogP contribution in [0.3, 0.4) is 0 Å². The number of piperidine rings is 2. The summed E-state index contributed by atoms with van der Waals surface area (Å²) in [4.78, 5) is 37.8. The molecule has 0 spiro atoms. The normalized spacial score (nSPS) is 25.7. The van der Waals surface area contributed by atoms with Crippen molar-refractivity contribution in [1.82, 2.24) is 15.5 Å². The van der Waals surface area contributed by atoms with Crippen molar-refractivity contribution in [3.8, 4) is 0 Å². The highest BCUT2D eigenvalue weighted by Crippen LogP contribution is 2.35. The molecule has 1 atom stereocenters. The SMILES string of the molecule is O=C1CCC(N2Cc3ccc(C4(O)CCNCC4)cc3C2=O)C(=O)N1. The van der Waals surface area contributed by atoms with Crippen LogP contribution < -0.4 is 10.6 Å². The maximum atomic E-state index is 12.8. The standard InChI is InChI=1S/C18H21N3O4/c22-15-4-3-14(16(23)20-15)21-10-11-1-2-12(9-13(11)17(21)24)18(25)5-7-19-8-6-18/h1-2,9,14,19,25H,3-8,10H2,(H,20,22,23). The topological polar surface area (TPSA) is 98.7 Å². The average molecular weight is 343 g/mol. The van der Waals surface area contributed by atoms with Gasteiger partial charge in [0.15, 0.2) is 0 Å². The minimum Gasteiger partial charge on any atom is -0.385 e.